The van der Waals surface area contributed by atoms with Gasteiger partial charge in [0.25, 0.3) is 0 Å². The Bertz CT molecular complexity index is 864. The molecule has 142 valence electrons. The van der Waals surface area contributed by atoms with Gasteiger partial charge < -0.3 is 9.64 Å². The van der Waals surface area contributed by atoms with Crippen molar-refractivity contribution in [1.29, 1.82) is 0 Å². The number of nitrogens with zero attached hydrogens (tertiary/aromatic N) is 3. The van der Waals surface area contributed by atoms with E-state index in [1.54, 1.807) is 18.9 Å². The molecule has 1 aliphatic heterocycles. The first-order valence-electron chi connectivity index (χ1n) is 8.91. The van der Waals surface area contributed by atoms with E-state index in [1.165, 1.54) is 0 Å². The lowest BCUT2D eigenvalue weighted by Gasteiger charge is -2.12. The number of thioether (sulfide) groups is 1. The number of aliphatic imine (C=N–C) groups is 2. The van der Waals surface area contributed by atoms with Crippen LogP contribution in [0.25, 0.3) is 0 Å². The lowest BCUT2D eigenvalue weighted by atomic mass is 10.00. The van der Waals surface area contributed by atoms with E-state index in [0.717, 1.165) is 52.0 Å². The zero-order chi connectivity index (χ0) is 19.2. The third-order valence-corrected chi connectivity index (χ3v) is 5.49. The zero-order valence-corrected chi connectivity index (χ0v) is 17.5. The first kappa shape index (κ1) is 19.9. The van der Waals surface area contributed by atoms with E-state index >= 15 is 0 Å². The monoisotopic (exact) mass is 401 g/mol. The van der Waals surface area contributed by atoms with Gasteiger partial charge in [-0.1, -0.05) is 23.7 Å². The standard InChI is InChI=1S/C21H24ClN3OS/c1-25(2)11-6-12-27-20-14-23-21(16-7-4-5-8-19(16)26-3)17-13-15(22)9-10-18(17)24-20/h4-5,7-10,13H,6,11-12,14H2,1-3H3. The van der Waals surface area contributed by atoms with Gasteiger partial charge in [-0.2, -0.15) is 0 Å². The molecular formula is C21H24ClN3OS. The second-order valence-electron chi connectivity index (χ2n) is 6.54. The molecule has 0 radical (unpaired) electrons. The Balaban J connectivity index is 1.93. The minimum absolute atomic E-state index is 0.562. The van der Waals surface area contributed by atoms with E-state index in [0.29, 0.717) is 11.6 Å². The van der Waals surface area contributed by atoms with Gasteiger partial charge in [0.05, 0.1) is 30.1 Å². The number of methoxy groups -OCH3 is 1. The molecule has 2 aromatic carbocycles. The van der Waals surface area contributed by atoms with Gasteiger partial charge in [-0.15, -0.1) is 11.8 Å². The quantitative estimate of drug-likeness (QED) is 0.645. The highest BCUT2D eigenvalue weighted by Gasteiger charge is 2.19. The van der Waals surface area contributed by atoms with E-state index in [1.807, 2.05) is 42.5 Å². The summed E-state index contributed by atoms with van der Waals surface area (Å²) in [6.07, 6.45) is 1.12. The minimum atomic E-state index is 0.562. The number of hydrogen-bond donors (Lipinski definition) is 0. The molecule has 0 aliphatic carbocycles. The summed E-state index contributed by atoms with van der Waals surface area (Å²) < 4.78 is 5.55. The Morgan fingerprint density at radius 2 is 1.96 bits per heavy atom. The predicted molar refractivity (Wildman–Crippen MR) is 118 cm³/mol. The van der Waals surface area contributed by atoms with E-state index in [9.17, 15) is 0 Å². The maximum atomic E-state index is 6.28. The molecule has 1 heterocycles. The molecule has 0 unspecified atom stereocenters. The topological polar surface area (TPSA) is 37.2 Å². The maximum absolute atomic E-state index is 6.28. The van der Waals surface area contributed by atoms with Crippen molar-refractivity contribution in [3.63, 3.8) is 0 Å². The van der Waals surface area contributed by atoms with Crippen molar-refractivity contribution >= 4 is 39.8 Å². The maximum Gasteiger partial charge on any atom is 0.128 e. The van der Waals surface area contributed by atoms with E-state index in [-0.39, 0.29) is 0 Å². The van der Waals surface area contributed by atoms with Crippen LogP contribution in [-0.4, -0.2) is 55.7 Å². The highest BCUT2D eigenvalue weighted by Crippen LogP contribution is 2.32. The van der Waals surface area contributed by atoms with Crippen LogP contribution in [0.1, 0.15) is 17.5 Å². The van der Waals surface area contributed by atoms with Gasteiger partial charge in [0.1, 0.15) is 5.75 Å². The summed E-state index contributed by atoms with van der Waals surface area (Å²) in [5, 5.41) is 1.70. The van der Waals surface area contributed by atoms with Gasteiger partial charge in [-0.3, -0.25) is 4.99 Å². The van der Waals surface area contributed by atoms with Gasteiger partial charge in [0.2, 0.25) is 0 Å². The second kappa shape index (κ2) is 9.40. The van der Waals surface area contributed by atoms with Gasteiger partial charge in [-0.25, -0.2) is 4.99 Å². The van der Waals surface area contributed by atoms with Crippen LogP contribution >= 0.6 is 23.4 Å². The second-order valence-corrected chi connectivity index (χ2v) is 8.14. The van der Waals surface area contributed by atoms with Gasteiger partial charge in [0.15, 0.2) is 0 Å². The summed E-state index contributed by atoms with van der Waals surface area (Å²) in [6.45, 7) is 1.63. The summed E-state index contributed by atoms with van der Waals surface area (Å²) in [5.41, 5.74) is 3.67. The summed E-state index contributed by atoms with van der Waals surface area (Å²) in [6, 6.07) is 13.7. The van der Waals surface area contributed by atoms with Crippen molar-refractivity contribution in [2.45, 2.75) is 6.42 Å². The van der Waals surface area contributed by atoms with Crippen LogP contribution in [0.2, 0.25) is 5.02 Å². The van der Waals surface area contributed by atoms with Crippen molar-refractivity contribution in [3.8, 4) is 5.75 Å². The molecular weight excluding hydrogens is 378 g/mol. The average molecular weight is 402 g/mol. The van der Waals surface area contributed by atoms with Crippen LogP contribution in [0.15, 0.2) is 52.4 Å². The Hall–Kier alpha value is -1.82. The Labute approximate surface area is 170 Å². The van der Waals surface area contributed by atoms with Crippen molar-refractivity contribution in [2.24, 2.45) is 9.98 Å². The predicted octanol–water partition coefficient (Wildman–Crippen LogP) is 4.91. The average Bonchev–Trinajstić information content (AvgIpc) is 2.84. The molecule has 0 saturated heterocycles. The van der Waals surface area contributed by atoms with E-state index in [2.05, 4.69) is 19.0 Å². The molecule has 4 nitrogen and oxygen atoms in total. The Kier molecular flexibility index (Phi) is 6.94. The number of para-hydroxylation sites is 1. The molecule has 3 rings (SSSR count). The van der Waals surface area contributed by atoms with E-state index in [4.69, 9.17) is 26.3 Å². The molecule has 0 fully saturated rings. The third kappa shape index (κ3) is 5.12. The minimum Gasteiger partial charge on any atom is -0.496 e. The van der Waals surface area contributed by atoms with Crippen LogP contribution in [-0.2, 0) is 0 Å². The molecule has 0 amide bonds. The van der Waals surface area contributed by atoms with Crippen LogP contribution in [0.4, 0.5) is 5.69 Å². The number of ether oxygens (including phenoxy) is 1. The number of fused-ring (bicyclic) bond motifs is 1. The number of hydrogen-bond acceptors (Lipinski definition) is 5. The van der Waals surface area contributed by atoms with Gasteiger partial charge in [-0.05, 0) is 57.4 Å². The molecule has 0 saturated carbocycles. The van der Waals surface area contributed by atoms with Crippen LogP contribution < -0.4 is 4.74 Å². The first-order chi connectivity index (χ1) is 13.1. The van der Waals surface area contributed by atoms with Crippen molar-refractivity contribution in [1.82, 2.24) is 4.90 Å². The molecule has 0 bridgehead atoms. The molecule has 0 N–H and O–H groups in total. The highest BCUT2D eigenvalue weighted by molar-refractivity contribution is 8.14. The fourth-order valence-electron chi connectivity index (χ4n) is 2.92. The molecule has 0 atom stereocenters. The van der Waals surface area contributed by atoms with Gasteiger partial charge in [0, 0.05) is 21.9 Å². The lowest BCUT2D eigenvalue weighted by molar-refractivity contribution is 0.410. The molecule has 1 aliphatic rings. The zero-order valence-electron chi connectivity index (χ0n) is 15.9. The van der Waals surface area contributed by atoms with Crippen molar-refractivity contribution in [3.05, 3.63) is 58.6 Å². The van der Waals surface area contributed by atoms with Crippen LogP contribution in [0, 0.1) is 0 Å². The largest absolute Gasteiger partial charge is 0.496 e. The smallest absolute Gasteiger partial charge is 0.128 e. The van der Waals surface area contributed by atoms with Crippen molar-refractivity contribution < 1.29 is 4.74 Å². The summed E-state index contributed by atoms with van der Waals surface area (Å²) in [7, 11) is 5.87. The Morgan fingerprint density at radius 1 is 1.15 bits per heavy atom. The Morgan fingerprint density at radius 3 is 2.74 bits per heavy atom. The summed E-state index contributed by atoms with van der Waals surface area (Å²) in [4.78, 5) is 12.0. The summed E-state index contributed by atoms with van der Waals surface area (Å²) >= 11 is 8.06. The number of halogens is 1. The SMILES string of the molecule is COc1ccccc1C1=NCC(SCCCN(C)C)=Nc2ccc(Cl)cc21. The highest BCUT2D eigenvalue weighted by atomic mass is 35.5. The molecule has 27 heavy (non-hydrogen) atoms. The van der Waals surface area contributed by atoms with Gasteiger partial charge >= 0.3 is 0 Å². The number of benzene rings is 2. The van der Waals surface area contributed by atoms with Crippen LogP contribution in [0.3, 0.4) is 0 Å². The molecule has 0 aromatic heterocycles. The van der Waals surface area contributed by atoms with Crippen LogP contribution in [0.5, 0.6) is 5.75 Å². The fourth-order valence-corrected chi connectivity index (χ4v) is 3.92. The van der Waals surface area contributed by atoms with E-state index < -0.39 is 0 Å². The van der Waals surface area contributed by atoms with Crippen molar-refractivity contribution in [2.75, 3.05) is 40.0 Å². The molecule has 6 heteroatoms. The normalized spacial score (nSPS) is 13.7. The summed E-state index contributed by atoms with van der Waals surface area (Å²) in [5.74, 6) is 1.82. The molecule has 2 aromatic rings. The molecule has 0 spiro atoms. The third-order valence-electron chi connectivity index (χ3n) is 4.21. The lowest BCUT2D eigenvalue weighted by Crippen LogP contribution is -2.14. The fraction of sp³-hybridized carbons (Fsp3) is 0.333. The number of rotatable bonds is 6. The first-order valence-corrected chi connectivity index (χ1v) is 10.3.